The minimum atomic E-state index is -0.146. The number of hydrogen-bond acceptors (Lipinski definition) is 4. The molecule has 1 aliphatic heterocycles. The monoisotopic (exact) mass is 319 g/mol. The van der Waals surface area contributed by atoms with Crippen molar-refractivity contribution in [3.05, 3.63) is 40.6 Å². The minimum absolute atomic E-state index is 0.00655. The molecular weight excluding hydrogens is 300 g/mol. The van der Waals surface area contributed by atoms with Crippen LogP contribution in [0.4, 0.5) is 5.69 Å². The average molecular weight is 319 g/mol. The third-order valence-electron chi connectivity index (χ3n) is 3.81. The molecule has 1 unspecified atom stereocenters. The molecule has 5 nitrogen and oxygen atoms in total. The smallest absolute Gasteiger partial charge is 0.282 e. The Morgan fingerprint density at radius 3 is 2.95 bits per heavy atom. The number of carbonyl (C=O) groups excluding carboxylic acids is 1. The summed E-state index contributed by atoms with van der Waals surface area (Å²) in [5, 5.41) is 5.00. The Bertz CT molecular complexity index is 657. The number of amides is 1. The number of quaternary nitrogens is 1. The van der Waals surface area contributed by atoms with Crippen molar-refractivity contribution in [2.75, 3.05) is 19.2 Å². The topological polar surface area (TPSA) is 52.0 Å². The molecule has 2 aromatic rings. The molecule has 2 N–H and O–H groups in total. The number of anilines is 1. The van der Waals surface area contributed by atoms with Gasteiger partial charge in [-0.05, 0) is 30.5 Å². The number of fused-ring (bicyclic) bond motifs is 1. The summed E-state index contributed by atoms with van der Waals surface area (Å²) in [7, 11) is 2.03. The molecule has 0 spiro atoms. The second-order valence-corrected chi connectivity index (χ2v) is 6.41. The Hall–Kier alpha value is -2.05. The zero-order valence-electron chi connectivity index (χ0n) is 12.6. The zero-order valence-corrected chi connectivity index (χ0v) is 13.4. The van der Waals surface area contributed by atoms with Gasteiger partial charge in [-0.2, -0.15) is 0 Å². The van der Waals surface area contributed by atoms with Crippen LogP contribution in [0.2, 0.25) is 0 Å². The van der Waals surface area contributed by atoms with Gasteiger partial charge in [-0.15, -0.1) is 11.3 Å². The molecule has 1 aromatic carbocycles. The molecule has 2 atom stereocenters. The summed E-state index contributed by atoms with van der Waals surface area (Å²) >= 11 is 1.71. The standard InChI is InChI=1S/C16H18N2O3S/c1-11(18(2)9-13-4-3-7-22-13)16(19)17-12-5-6-14-15(8-12)21-10-20-14/h3-8,11H,9-10H2,1-2H3,(H,17,19)/p+1/t11-/m0/s1. The maximum absolute atomic E-state index is 12.4. The Kier molecular flexibility index (Phi) is 4.31. The highest BCUT2D eigenvalue weighted by atomic mass is 32.1. The van der Waals surface area contributed by atoms with Crippen LogP contribution >= 0.6 is 11.3 Å². The first-order chi connectivity index (χ1) is 10.6. The van der Waals surface area contributed by atoms with Crippen molar-refractivity contribution in [3.8, 4) is 11.5 Å². The number of rotatable bonds is 5. The van der Waals surface area contributed by atoms with Gasteiger partial charge in [0.1, 0.15) is 6.54 Å². The van der Waals surface area contributed by atoms with Gasteiger partial charge in [0, 0.05) is 11.8 Å². The lowest BCUT2D eigenvalue weighted by molar-refractivity contribution is -0.907. The molecule has 1 aromatic heterocycles. The second-order valence-electron chi connectivity index (χ2n) is 5.38. The molecule has 3 rings (SSSR count). The number of thiophene rings is 1. The van der Waals surface area contributed by atoms with E-state index in [1.807, 2.05) is 32.2 Å². The second kappa shape index (κ2) is 6.37. The van der Waals surface area contributed by atoms with E-state index in [0.717, 1.165) is 17.1 Å². The number of benzene rings is 1. The molecular formula is C16H19N2O3S+. The van der Waals surface area contributed by atoms with Gasteiger partial charge in [0.25, 0.3) is 5.91 Å². The fourth-order valence-electron chi connectivity index (χ4n) is 2.29. The summed E-state index contributed by atoms with van der Waals surface area (Å²) in [6.07, 6.45) is 0. The predicted molar refractivity (Wildman–Crippen MR) is 85.6 cm³/mol. The van der Waals surface area contributed by atoms with E-state index in [9.17, 15) is 4.79 Å². The van der Waals surface area contributed by atoms with E-state index in [1.165, 1.54) is 4.88 Å². The summed E-state index contributed by atoms with van der Waals surface area (Å²) in [4.78, 5) is 14.8. The van der Waals surface area contributed by atoms with E-state index in [-0.39, 0.29) is 18.7 Å². The first-order valence-corrected chi connectivity index (χ1v) is 8.06. The van der Waals surface area contributed by atoms with Crippen LogP contribution < -0.4 is 19.7 Å². The zero-order chi connectivity index (χ0) is 15.5. The fourth-order valence-corrected chi connectivity index (χ4v) is 3.09. The van der Waals surface area contributed by atoms with Gasteiger partial charge in [0.15, 0.2) is 17.5 Å². The Morgan fingerprint density at radius 1 is 1.36 bits per heavy atom. The predicted octanol–water partition coefficient (Wildman–Crippen LogP) is 1.52. The maximum atomic E-state index is 12.4. The van der Waals surface area contributed by atoms with E-state index >= 15 is 0 Å². The Balaban J connectivity index is 1.61. The molecule has 0 radical (unpaired) electrons. The molecule has 6 heteroatoms. The van der Waals surface area contributed by atoms with Gasteiger partial charge in [-0.25, -0.2) is 0 Å². The van der Waals surface area contributed by atoms with Crippen LogP contribution in [0.25, 0.3) is 0 Å². The van der Waals surface area contributed by atoms with E-state index in [2.05, 4.69) is 16.8 Å². The molecule has 2 heterocycles. The summed E-state index contributed by atoms with van der Waals surface area (Å²) in [6.45, 7) is 3.01. The van der Waals surface area contributed by atoms with Gasteiger partial charge < -0.3 is 19.7 Å². The summed E-state index contributed by atoms with van der Waals surface area (Å²) in [5.41, 5.74) is 0.727. The fraction of sp³-hybridized carbons (Fsp3) is 0.312. The van der Waals surface area contributed by atoms with Crippen LogP contribution in [0.3, 0.4) is 0 Å². The van der Waals surface area contributed by atoms with Crippen molar-refractivity contribution in [2.24, 2.45) is 0 Å². The van der Waals surface area contributed by atoms with Crippen molar-refractivity contribution in [1.29, 1.82) is 0 Å². The molecule has 0 aliphatic carbocycles. The lowest BCUT2D eigenvalue weighted by atomic mass is 10.2. The number of likely N-dealkylation sites (N-methyl/N-ethyl adjacent to an activating group) is 1. The lowest BCUT2D eigenvalue weighted by Crippen LogP contribution is -3.12. The minimum Gasteiger partial charge on any atom is -0.454 e. The van der Waals surface area contributed by atoms with Crippen molar-refractivity contribution in [3.63, 3.8) is 0 Å². The third kappa shape index (κ3) is 3.23. The highest BCUT2D eigenvalue weighted by Gasteiger charge is 2.23. The lowest BCUT2D eigenvalue weighted by Gasteiger charge is -2.20. The van der Waals surface area contributed by atoms with Crippen molar-refractivity contribution in [1.82, 2.24) is 0 Å². The molecule has 0 saturated heterocycles. The van der Waals surface area contributed by atoms with Crippen LogP contribution in [0.15, 0.2) is 35.7 Å². The first-order valence-electron chi connectivity index (χ1n) is 7.18. The van der Waals surface area contributed by atoms with E-state index in [1.54, 1.807) is 17.4 Å². The maximum Gasteiger partial charge on any atom is 0.282 e. The molecule has 0 saturated carbocycles. The van der Waals surface area contributed by atoms with Crippen LogP contribution in [-0.2, 0) is 11.3 Å². The molecule has 0 fully saturated rings. The van der Waals surface area contributed by atoms with Crippen LogP contribution in [0.5, 0.6) is 11.5 Å². The number of ether oxygens (including phenoxy) is 2. The molecule has 116 valence electrons. The summed E-state index contributed by atoms with van der Waals surface area (Å²) in [6, 6.07) is 9.41. The summed E-state index contributed by atoms with van der Waals surface area (Å²) < 4.78 is 10.6. The van der Waals surface area contributed by atoms with Gasteiger partial charge in [0.05, 0.1) is 11.9 Å². The van der Waals surface area contributed by atoms with Crippen molar-refractivity contribution < 1.29 is 19.2 Å². The van der Waals surface area contributed by atoms with Crippen molar-refractivity contribution >= 4 is 22.9 Å². The van der Waals surface area contributed by atoms with E-state index in [0.29, 0.717) is 11.5 Å². The van der Waals surface area contributed by atoms with E-state index < -0.39 is 0 Å². The molecule has 0 bridgehead atoms. The summed E-state index contributed by atoms with van der Waals surface area (Å²) in [5.74, 6) is 1.38. The highest BCUT2D eigenvalue weighted by Crippen LogP contribution is 2.34. The Morgan fingerprint density at radius 2 is 2.18 bits per heavy atom. The SMILES string of the molecule is C[C@@H](C(=O)Nc1ccc2c(c1)OCO2)[NH+](C)Cc1cccs1. The van der Waals surface area contributed by atoms with Gasteiger partial charge in [0.2, 0.25) is 6.79 Å². The largest absolute Gasteiger partial charge is 0.454 e. The quantitative estimate of drug-likeness (QED) is 0.878. The van der Waals surface area contributed by atoms with Crippen LogP contribution in [0, 0.1) is 0 Å². The van der Waals surface area contributed by atoms with Gasteiger partial charge >= 0.3 is 0 Å². The van der Waals surface area contributed by atoms with Crippen LogP contribution in [0.1, 0.15) is 11.8 Å². The molecule has 1 aliphatic rings. The Labute approximate surface area is 133 Å². The van der Waals surface area contributed by atoms with Crippen molar-refractivity contribution in [2.45, 2.75) is 19.5 Å². The normalized spacial score (nSPS) is 15.4. The number of nitrogens with one attached hydrogen (secondary N) is 2. The molecule has 1 amide bonds. The molecule has 22 heavy (non-hydrogen) atoms. The average Bonchev–Trinajstić information content (AvgIpc) is 3.16. The van der Waals surface area contributed by atoms with Crippen LogP contribution in [-0.4, -0.2) is 25.8 Å². The van der Waals surface area contributed by atoms with Gasteiger partial charge in [-0.1, -0.05) is 6.07 Å². The number of carbonyl (C=O) groups is 1. The third-order valence-corrected chi connectivity index (χ3v) is 4.68. The highest BCUT2D eigenvalue weighted by molar-refractivity contribution is 7.09. The van der Waals surface area contributed by atoms with Gasteiger partial charge in [-0.3, -0.25) is 4.79 Å². The number of hydrogen-bond donors (Lipinski definition) is 2. The van der Waals surface area contributed by atoms with E-state index in [4.69, 9.17) is 9.47 Å². The first kappa shape index (κ1) is 14.9.